The van der Waals surface area contributed by atoms with Crippen molar-refractivity contribution >= 4 is 5.91 Å². The zero-order valence-corrected chi connectivity index (χ0v) is 10.9. The lowest BCUT2D eigenvalue weighted by Gasteiger charge is -2.22. The molecule has 0 bridgehead atoms. The molecule has 0 aliphatic carbocycles. The van der Waals surface area contributed by atoms with Gasteiger partial charge in [-0.05, 0) is 24.4 Å². The lowest BCUT2D eigenvalue weighted by Crippen LogP contribution is -2.39. The Morgan fingerprint density at radius 1 is 1.29 bits per heavy atom. The third-order valence-electron chi connectivity index (χ3n) is 2.80. The molecular weight excluding hydrogens is 212 g/mol. The van der Waals surface area contributed by atoms with Gasteiger partial charge in [0.15, 0.2) is 0 Å². The van der Waals surface area contributed by atoms with Crippen LogP contribution in [0.2, 0.25) is 0 Å². The molecule has 0 saturated heterocycles. The molecule has 1 rings (SSSR count). The number of hydrogen-bond acceptors (Lipinski definition) is 2. The van der Waals surface area contributed by atoms with Crippen molar-refractivity contribution in [3.63, 3.8) is 0 Å². The summed E-state index contributed by atoms with van der Waals surface area (Å²) >= 11 is 0. The molecule has 1 amide bonds. The van der Waals surface area contributed by atoms with Crippen LogP contribution in [0.4, 0.5) is 0 Å². The summed E-state index contributed by atoms with van der Waals surface area (Å²) in [5.41, 5.74) is 7.82. The molecule has 94 valence electrons. The van der Waals surface area contributed by atoms with Crippen LogP contribution >= 0.6 is 0 Å². The van der Waals surface area contributed by atoms with Crippen LogP contribution in [-0.2, 0) is 11.2 Å². The van der Waals surface area contributed by atoms with Gasteiger partial charge in [0.1, 0.15) is 0 Å². The van der Waals surface area contributed by atoms with Crippen molar-refractivity contribution in [1.29, 1.82) is 0 Å². The Balaban J connectivity index is 2.42. The number of aryl methyl sites for hydroxylation is 1. The summed E-state index contributed by atoms with van der Waals surface area (Å²) in [4.78, 5) is 11.7. The molecular formula is C14H22N2O. The molecule has 0 radical (unpaired) electrons. The van der Waals surface area contributed by atoms with Crippen LogP contribution < -0.4 is 11.1 Å². The highest BCUT2D eigenvalue weighted by Crippen LogP contribution is 2.10. The van der Waals surface area contributed by atoms with E-state index in [0.29, 0.717) is 19.5 Å². The lowest BCUT2D eigenvalue weighted by molar-refractivity contribution is -0.120. The van der Waals surface area contributed by atoms with Gasteiger partial charge in [0.05, 0.1) is 6.42 Å². The molecule has 0 saturated carbocycles. The maximum Gasteiger partial charge on any atom is 0.224 e. The Labute approximate surface area is 103 Å². The van der Waals surface area contributed by atoms with Gasteiger partial charge in [0, 0.05) is 6.54 Å². The summed E-state index contributed by atoms with van der Waals surface area (Å²) in [6.07, 6.45) is 0.431. The van der Waals surface area contributed by atoms with E-state index >= 15 is 0 Å². The fourth-order valence-corrected chi connectivity index (χ4v) is 1.36. The van der Waals surface area contributed by atoms with E-state index in [4.69, 9.17) is 5.73 Å². The first-order valence-electron chi connectivity index (χ1n) is 5.95. The fraction of sp³-hybridized carbons (Fsp3) is 0.500. The van der Waals surface area contributed by atoms with Crippen LogP contribution in [0, 0.1) is 12.3 Å². The number of rotatable bonds is 5. The Morgan fingerprint density at radius 3 is 2.41 bits per heavy atom. The van der Waals surface area contributed by atoms with Crippen molar-refractivity contribution in [1.82, 2.24) is 5.32 Å². The molecule has 0 unspecified atom stereocenters. The zero-order valence-electron chi connectivity index (χ0n) is 10.9. The zero-order chi connectivity index (χ0) is 12.9. The summed E-state index contributed by atoms with van der Waals surface area (Å²) in [6, 6.07) is 8.02. The quantitative estimate of drug-likeness (QED) is 0.813. The second-order valence-electron chi connectivity index (χ2n) is 5.31. The predicted molar refractivity (Wildman–Crippen MR) is 70.7 cm³/mol. The molecule has 1 aromatic rings. The van der Waals surface area contributed by atoms with E-state index in [1.54, 1.807) is 0 Å². The highest BCUT2D eigenvalue weighted by molar-refractivity contribution is 5.78. The molecule has 1 aromatic carbocycles. The predicted octanol–water partition coefficient (Wildman–Crippen LogP) is 1.64. The maximum atomic E-state index is 11.7. The first-order valence-corrected chi connectivity index (χ1v) is 5.95. The van der Waals surface area contributed by atoms with Crippen molar-refractivity contribution < 1.29 is 4.79 Å². The van der Waals surface area contributed by atoms with Gasteiger partial charge in [-0.3, -0.25) is 4.79 Å². The minimum absolute atomic E-state index is 0.0388. The molecule has 0 aliphatic heterocycles. The Bertz CT molecular complexity index is 368. The van der Waals surface area contributed by atoms with Gasteiger partial charge >= 0.3 is 0 Å². The van der Waals surface area contributed by atoms with E-state index in [9.17, 15) is 4.79 Å². The van der Waals surface area contributed by atoms with Crippen LogP contribution in [0.3, 0.4) is 0 Å². The van der Waals surface area contributed by atoms with E-state index in [1.807, 2.05) is 45.0 Å². The smallest absolute Gasteiger partial charge is 0.224 e. The molecule has 0 aliphatic rings. The van der Waals surface area contributed by atoms with Crippen molar-refractivity contribution in [3.05, 3.63) is 35.4 Å². The van der Waals surface area contributed by atoms with Gasteiger partial charge in [-0.2, -0.15) is 0 Å². The van der Waals surface area contributed by atoms with E-state index < -0.39 is 0 Å². The van der Waals surface area contributed by atoms with Gasteiger partial charge < -0.3 is 11.1 Å². The number of nitrogens with two attached hydrogens (primary N) is 1. The van der Waals surface area contributed by atoms with Crippen molar-refractivity contribution in [2.75, 3.05) is 13.1 Å². The highest BCUT2D eigenvalue weighted by atomic mass is 16.1. The number of hydrogen-bond donors (Lipinski definition) is 2. The molecule has 0 heterocycles. The lowest BCUT2D eigenvalue weighted by atomic mass is 9.94. The van der Waals surface area contributed by atoms with Crippen LogP contribution in [-0.4, -0.2) is 19.0 Å². The standard InChI is InChI=1S/C14H22N2O/c1-11-4-6-12(7-5-11)8-13(17)16-10-14(2,3)9-15/h4-7H,8-10,15H2,1-3H3,(H,16,17). The van der Waals surface area contributed by atoms with Crippen molar-refractivity contribution in [2.45, 2.75) is 27.2 Å². The van der Waals surface area contributed by atoms with E-state index in [1.165, 1.54) is 5.56 Å². The first-order chi connectivity index (χ1) is 7.93. The second-order valence-corrected chi connectivity index (χ2v) is 5.31. The van der Waals surface area contributed by atoms with Crippen LogP contribution in [0.25, 0.3) is 0 Å². The van der Waals surface area contributed by atoms with Gasteiger partial charge in [0.2, 0.25) is 5.91 Å². The summed E-state index contributed by atoms with van der Waals surface area (Å²) in [6.45, 7) is 7.30. The van der Waals surface area contributed by atoms with E-state index in [-0.39, 0.29) is 11.3 Å². The number of carbonyl (C=O) groups is 1. The molecule has 3 heteroatoms. The third kappa shape index (κ3) is 5.00. The summed E-state index contributed by atoms with van der Waals surface area (Å²) in [7, 11) is 0. The van der Waals surface area contributed by atoms with Gasteiger partial charge in [-0.25, -0.2) is 0 Å². The average Bonchev–Trinajstić information content (AvgIpc) is 2.30. The molecule has 0 fully saturated rings. The average molecular weight is 234 g/mol. The van der Waals surface area contributed by atoms with Gasteiger partial charge in [-0.1, -0.05) is 43.7 Å². The van der Waals surface area contributed by atoms with Crippen LogP contribution in [0.1, 0.15) is 25.0 Å². The number of amides is 1. The van der Waals surface area contributed by atoms with Crippen LogP contribution in [0.15, 0.2) is 24.3 Å². The summed E-state index contributed by atoms with van der Waals surface area (Å²) < 4.78 is 0. The Kier molecular flexibility index (Phi) is 4.70. The normalized spacial score (nSPS) is 11.3. The van der Waals surface area contributed by atoms with Crippen LogP contribution in [0.5, 0.6) is 0 Å². The molecule has 0 atom stereocenters. The monoisotopic (exact) mass is 234 g/mol. The number of carbonyl (C=O) groups excluding carboxylic acids is 1. The SMILES string of the molecule is Cc1ccc(CC(=O)NCC(C)(C)CN)cc1. The van der Waals surface area contributed by atoms with Gasteiger partial charge in [0.25, 0.3) is 0 Å². The number of nitrogens with one attached hydrogen (secondary N) is 1. The molecule has 3 N–H and O–H groups in total. The minimum Gasteiger partial charge on any atom is -0.355 e. The molecule has 0 aromatic heterocycles. The molecule has 17 heavy (non-hydrogen) atoms. The Hall–Kier alpha value is -1.35. The minimum atomic E-state index is -0.0388. The Morgan fingerprint density at radius 2 is 1.88 bits per heavy atom. The largest absolute Gasteiger partial charge is 0.355 e. The van der Waals surface area contributed by atoms with Gasteiger partial charge in [-0.15, -0.1) is 0 Å². The summed E-state index contributed by atoms with van der Waals surface area (Å²) in [5.74, 6) is 0.0513. The number of benzene rings is 1. The molecule has 0 spiro atoms. The first kappa shape index (κ1) is 13.7. The second kappa shape index (κ2) is 5.82. The van der Waals surface area contributed by atoms with E-state index in [2.05, 4.69) is 5.32 Å². The topological polar surface area (TPSA) is 55.1 Å². The van der Waals surface area contributed by atoms with Crippen molar-refractivity contribution in [2.24, 2.45) is 11.1 Å². The maximum absolute atomic E-state index is 11.7. The fourth-order valence-electron chi connectivity index (χ4n) is 1.36. The highest BCUT2D eigenvalue weighted by Gasteiger charge is 2.16. The van der Waals surface area contributed by atoms with Crippen molar-refractivity contribution in [3.8, 4) is 0 Å². The molecule has 3 nitrogen and oxygen atoms in total. The summed E-state index contributed by atoms with van der Waals surface area (Å²) in [5, 5.41) is 2.92. The van der Waals surface area contributed by atoms with E-state index in [0.717, 1.165) is 5.56 Å². The third-order valence-corrected chi connectivity index (χ3v) is 2.80.